The van der Waals surface area contributed by atoms with Crippen LogP contribution in [-0.2, 0) is 9.53 Å². The number of hydrogen-bond acceptors (Lipinski definition) is 5. The molecule has 23 heavy (non-hydrogen) atoms. The van der Waals surface area contributed by atoms with Crippen LogP contribution in [0.4, 0.5) is 0 Å². The van der Waals surface area contributed by atoms with Gasteiger partial charge in [0.05, 0.1) is 12.2 Å². The number of carbonyl (C=O) groups excluding carboxylic acids is 1. The van der Waals surface area contributed by atoms with Gasteiger partial charge in [0, 0.05) is 6.08 Å². The molecule has 0 aromatic rings. The van der Waals surface area contributed by atoms with E-state index < -0.39 is 24.3 Å². The predicted molar refractivity (Wildman–Crippen MR) is 88.9 cm³/mol. The first kappa shape index (κ1) is 20.1. The molecule has 0 fully saturated rings. The lowest BCUT2D eigenvalue weighted by Gasteiger charge is -2.21. The molecule has 0 aliphatic carbocycles. The Hall–Kier alpha value is -0.910. The number of ether oxygens (including phenoxy) is 1. The average Bonchev–Trinajstić information content (AvgIpc) is 2.52. The molecular weight excluding hydrogens is 296 g/mol. The summed E-state index contributed by atoms with van der Waals surface area (Å²) in [5.74, 6) is -0.528. The Bertz CT molecular complexity index is 355. The second kappa shape index (κ2) is 11.6. The molecule has 0 aromatic heterocycles. The molecule has 1 aliphatic rings. The Kier molecular flexibility index (Phi) is 10.2. The van der Waals surface area contributed by atoms with Gasteiger partial charge in [0.15, 0.2) is 0 Å². The van der Waals surface area contributed by atoms with Crippen molar-refractivity contribution in [2.75, 3.05) is 0 Å². The summed E-state index contributed by atoms with van der Waals surface area (Å²) in [5.41, 5.74) is 0. The Morgan fingerprint density at radius 1 is 0.913 bits per heavy atom. The third-order valence-corrected chi connectivity index (χ3v) is 4.35. The molecular formula is C18H32O5. The highest BCUT2D eigenvalue weighted by Gasteiger charge is 2.22. The van der Waals surface area contributed by atoms with E-state index in [1.54, 1.807) is 0 Å². The van der Waals surface area contributed by atoms with Crippen LogP contribution in [0.5, 0.6) is 0 Å². The van der Waals surface area contributed by atoms with Crippen LogP contribution in [0.2, 0.25) is 0 Å². The van der Waals surface area contributed by atoms with Gasteiger partial charge in [0.2, 0.25) is 0 Å². The minimum absolute atomic E-state index is 0.154. The van der Waals surface area contributed by atoms with Crippen molar-refractivity contribution >= 4 is 5.97 Å². The third-order valence-electron chi connectivity index (χ3n) is 4.35. The fourth-order valence-corrected chi connectivity index (χ4v) is 2.83. The summed E-state index contributed by atoms with van der Waals surface area (Å²) in [6.07, 6.45) is 8.70. The zero-order valence-electron chi connectivity index (χ0n) is 14.2. The molecule has 5 nitrogen and oxygen atoms in total. The summed E-state index contributed by atoms with van der Waals surface area (Å²) in [5, 5.41) is 29.6. The van der Waals surface area contributed by atoms with Gasteiger partial charge in [-0.1, -0.05) is 44.9 Å². The van der Waals surface area contributed by atoms with Crippen molar-refractivity contribution in [2.24, 2.45) is 0 Å². The number of hydrogen-bond donors (Lipinski definition) is 3. The molecule has 0 saturated carbocycles. The van der Waals surface area contributed by atoms with Crippen molar-refractivity contribution < 1.29 is 24.9 Å². The van der Waals surface area contributed by atoms with Crippen LogP contribution >= 0.6 is 0 Å². The highest BCUT2D eigenvalue weighted by atomic mass is 16.5. The molecule has 5 heteroatoms. The Morgan fingerprint density at radius 3 is 2.04 bits per heavy atom. The van der Waals surface area contributed by atoms with E-state index in [1.807, 2.05) is 6.92 Å². The Balaban J connectivity index is 2.55. The van der Waals surface area contributed by atoms with Crippen LogP contribution in [0.15, 0.2) is 12.2 Å². The molecule has 1 aliphatic heterocycles. The minimum Gasteiger partial charge on any atom is -0.460 e. The SMILES string of the molecule is C[C@H]1CCCCCCCCCC[C@@H](O)[C@@H](O)[C@@H](O)/C=C/C(=O)O1. The van der Waals surface area contributed by atoms with E-state index in [0.29, 0.717) is 6.42 Å². The Morgan fingerprint density at radius 2 is 1.43 bits per heavy atom. The molecule has 0 radical (unpaired) electrons. The fraction of sp³-hybridized carbons (Fsp3) is 0.833. The van der Waals surface area contributed by atoms with Gasteiger partial charge in [-0.2, -0.15) is 0 Å². The van der Waals surface area contributed by atoms with Gasteiger partial charge < -0.3 is 20.1 Å². The quantitative estimate of drug-likeness (QED) is 0.595. The third kappa shape index (κ3) is 9.08. The molecule has 0 bridgehead atoms. The van der Waals surface area contributed by atoms with Gasteiger partial charge in [0.25, 0.3) is 0 Å². The predicted octanol–water partition coefficient (Wildman–Crippen LogP) is 2.47. The summed E-state index contributed by atoms with van der Waals surface area (Å²) >= 11 is 0. The van der Waals surface area contributed by atoms with Crippen LogP contribution in [0, 0.1) is 0 Å². The number of esters is 1. The molecule has 4 atom stereocenters. The smallest absolute Gasteiger partial charge is 0.330 e. The lowest BCUT2D eigenvalue weighted by molar-refractivity contribution is -0.142. The molecule has 134 valence electrons. The summed E-state index contributed by atoms with van der Waals surface area (Å²) in [4.78, 5) is 11.7. The number of aliphatic hydroxyl groups is 3. The lowest BCUT2D eigenvalue weighted by Crippen LogP contribution is -2.36. The number of carbonyl (C=O) groups is 1. The number of aliphatic hydroxyl groups excluding tert-OH is 3. The second-order valence-electron chi connectivity index (χ2n) is 6.56. The number of cyclic esters (lactones) is 1. The maximum absolute atomic E-state index is 11.7. The minimum atomic E-state index is -1.28. The highest BCUT2D eigenvalue weighted by Crippen LogP contribution is 2.15. The molecule has 0 aromatic carbocycles. The van der Waals surface area contributed by atoms with E-state index in [-0.39, 0.29) is 6.10 Å². The molecule has 0 saturated heterocycles. The van der Waals surface area contributed by atoms with E-state index >= 15 is 0 Å². The normalized spacial score (nSPS) is 34.9. The summed E-state index contributed by atoms with van der Waals surface area (Å²) < 4.78 is 5.23. The van der Waals surface area contributed by atoms with Crippen LogP contribution in [0.3, 0.4) is 0 Å². The average molecular weight is 328 g/mol. The van der Waals surface area contributed by atoms with E-state index in [1.165, 1.54) is 25.3 Å². The van der Waals surface area contributed by atoms with Gasteiger partial charge in [-0.3, -0.25) is 0 Å². The van der Waals surface area contributed by atoms with Crippen LogP contribution < -0.4 is 0 Å². The van der Waals surface area contributed by atoms with Gasteiger partial charge >= 0.3 is 5.97 Å². The van der Waals surface area contributed by atoms with Gasteiger partial charge in [0.1, 0.15) is 12.2 Å². The topological polar surface area (TPSA) is 87.0 Å². The first-order valence-electron chi connectivity index (χ1n) is 8.93. The zero-order chi connectivity index (χ0) is 17.1. The molecule has 0 unspecified atom stereocenters. The molecule has 0 amide bonds. The van der Waals surface area contributed by atoms with Crippen molar-refractivity contribution in [2.45, 2.75) is 95.5 Å². The molecule has 1 heterocycles. The van der Waals surface area contributed by atoms with Crippen molar-refractivity contribution in [3.05, 3.63) is 12.2 Å². The Labute approximate surface area is 139 Å². The summed E-state index contributed by atoms with van der Waals surface area (Å²) in [6.45, 7) is 1.86. The first-order chi connectivity index (χ1) is 11.0. The maximum Gasteiger partial charge on any atom is 0.330 e. The first-order valence-corrected chi connectivity index (χ1v) is 8.93. The lowest BCUT2D eigenvalue weighted by atomic mass is 10.00. The molecule has 0 spiro atoms. The standard InChI is InChI=1S/C18H32O5/c1-14-10-8-6-4-2-3-5-7-9-11-15(19)18(22)16(20)12-13-17(21)23-14/h12-16,18-20,22H,2-11H2,1H3/b13-12+/t14-,15+,16-,18+/m0/s1. The van der Waals surface area contributed by atoms with Gasteiger partial charge in [-0.25, -0.2) is 4.79 Å². The summed E-state index contributed by atoms with van der Waals surface area (Å²) in [7, 11) is 0. The van der Waals surface area contributed by atoms with Gasteiger partial charge in [-0.05, 0) is 32.3 Å². The van der Waals surface area contributed by atoms with Crippen molar-refractivity contribution in [3.8, 4) is 0 Å². The van der Waals surface area contributed by atoms with Crippen molar-refractivity contribution in [1.29, 1.82) is 0 Å². The summed E-state index contributed by atoms with van der Waals surface area (Å²) in [6, 6.07) is 0. The van der Waals surface area contributed by atoms with E-state index in [9.17, 15) is 20.1 Å². The highest BCUT2D eigenvalue weighted by molar-refractivity contribution is 5.82. The van der Waals surface area contributed by atoms with Crippen molar-refractivity contribution in [1.82, 2.24) is 0 Å². The maximum atomic E-state index is 11.7. The van der Waals surface area contributed by atoms with E-state index in [4.69, 9.17) is 4.74 Å². The van der Waals surface area contributed by atoms with Gasteiger partial charge in [-0.15, -0.1) is 0 Å². The van der Waals surface area contributed by atoms with E-state index in [0.717, 1.165) is 44.6 Å². The van der Waals surface area contributed by atoms with Crippen LogP contribution in [0.1, 0.15) is 71.1 Å². The fourth-order valence-electron chi connectivity index (χ4n) is 2.83. The second-order valence-corrected chi connectivity index (χ2v) is 6.56. The monoisotopic (exact) mass is 328 g/mol. The molecule has 3 N–H and O–H groups in total. The molecule has 1 rings (SSSR count). The van der Waals surface area contributed by atoms with Crippen LogP contribution in [0.25, 0.3) is 0 Å². The van der Waals surface area contributed by atoms with E-state index in [2.05, 4.69) is 0 Å². The number of rotatable bonds is 0. The largest absolute Gasteiger partial charge is 0.460 e. The zero-order valence-corrected chi connectivity index (χ0v) is 14.2. The van der Waals surface area contributed by atoms with Crippen LogP contribution in [-0.4, -0.2) is 45.7 Å². The van der Waals surface area contributed by atoms with Crippen molar-refractivity contribution in [3.63, 3.8) is 0 Å².